The SMILES string of the molecule is COc1cc(/C=C(/C#N)C(=O)Nc2ccc(Cl)cc2)cc(Br)c1OCc1ccc2c(c1)OCO2. The van der Waals surface area contributed by atoms with Crippen molar-refractivity contribution < 1.29 is 23.7 Å². The maximum Gasteiger partial charge on any atom is 0.266 e. The third kappa shape index (κ3) is 5.45. The number of amides is 1. The number of carbonyl (C=O) groups is 1. The smallest absolute Gasteiger partial charge is 0.266 e. The molecular formula is C25H18BrClN2O5. The highest BCUT2D eigenvalue weighted by Crippen LogP contribution is 2.38. The van der Waals surface area contributed by atoms with Gasteiger partial charge in [0.1, 0.15) is 18.2 Å². The molecule has 0 saturated heterocycles. The van der Waals surface area contributed by atoms with Crippen LogP contribution < -0.4 is 24.3 Å². The number of halogens is 2. The van der Waals surface area contributed by atoms with Crippen molar-refractivity contribution in [3.63, 3.8) is 0 Å². The average molecular weight is 542 g/mol. The molecule has 172 valence electrons. The van der Waals surface area contributed by atoms with E-state index in [1.54, 1.807) is 36.4 Å². The summed E-state index contributed by atoms with van der Waals surface area (Å²) in [6.45, 7) is 0.476. The van der Waals surface area contributed by atoms with Crippen molar-refractivity contribution in [3.8, 4) is 29.1 Å². The van der Waals surface area contributed by atoms with Crippen LogP contribution in [0.1, 0.15) is 11.1 Å². The normalized spacial score (nSPS) is 12.1. The number of rotatable bonds is 7. The molecule has 3 aromatic carbocycles. The van der Waals surface area contributed by atoms with Crippen LogP contribution in [0.3, 0.4) is 0 Å². The molecule has 1 heterocycles. The molecule has 0 unspecified atom stereocenters. The Morgan fingerprint density at radius 2 is 1.94 bits per heavy atom. The Hall–Kier alpha value is -3.67. The minimum Gasteiger partial charge on any atom is -0.493 e. The predicted molar refractivity (Wildman–Crippen MR) is 131 cm³/mol. The largest absolute Gasteiger partial charge is 0.493 e. The number of anilines is 1. The highest BCUT2D eigenvalue weighted by molar-refractivity contribution is 9.10. The van der Waals surface area contributed by atoms with Gasteiger partial charge in [-0.1, -0.05) is 17.7 Å². The summed E-state index contributed by atoms with van der Waals surface area (Å²) in [5, 5.41) is 12.7. The molecule has 0 radical (unpaired) electrons. The molecule has 1 N–H and O–H groups in total. The van der Waals surface area contributed by atoms with Gasteiger partial charge in [-0.25, -0.2) is 0 Å². The zero-order valence-corrected chi connectivity index (χ0v) is 20.3. The number of nitriles is 1. The van der Waals surface area contributed by atoms with E-state index in [1.807, 2.05) is 24.3 Å². The van der Waals surface area contributed by atoms with Crippen LogP contribution in [-0.2, 0) is 11.4 Å². The van der Waals surface area contributed by atoms with E-state index in [0.29, 0.717) is 43.7 Å². The zero-order valence-electron chi connectivity index (χ0n) is 17.9. The summed E-state index contributed by atoms with van der Waals surface area (Å²) < 4.78 is 22.8. The Balaban J connectivity index is 1.51. The predicted octanol–water partition coefficient (Wildman–Crippen LogP) is 5.96. The summed E-state index contributed by atoms with van der Waals surface area (Å²) in [6.07, 6.45) is 1.47. The van der Waals surface area contributed by atoms with Gasteiger partial charge in [0.15, 0.2) is 23.0 Å². The number of ether oxygens (including phenoxy) is 4. The first kappa shape index (κ1) is 23.5. The lowest BCUT2D eigenvalue weighted by Crippen LogP contribution is -2.13. The van der Waals surface area contributed by atoms with E-state index in [-0.39, 0.29) is 19.0 Å². The van der Waals surface area contributed by atoms with E-state index in [2.05, 4.69) is 21.2 Å². The molecule has 0 aliphatic carbocycles. The molecule has 3 aromatic rings. The van der Waals surface area contributed by atoms with Crippen LogP contribution in [0.2, 0.25) is 5.02 Å². The molecule has 0 saturated carbocycles. The van der Waals surface area contributed by atoms with E-state index < -0.39 is 5.91 Å². The number of nitrogens with one attached hydrogen (secondary N) is 1. The second-order valence-corrected chi connectivity index (χ2v) is 8.43. The Labute approximate surface area is 209 Å². The number of hydrogen-bond donors (Lipinski definition) is 1. The number of hydrogen-bond acceptors (Lipinski definition) is 6. The first-order valence-corrected chi connectivity index (χ1v) is 11.2. The fourth-order valence-electron chi connectivity index (χ4n) is 3.20. The molecular weight excluding hydrogens is 524 g/mol. The maximum atomic E-state index is 12.6. The lowest BCUT2D eigenvalue weighted by molar-refractivity contribution is -0.112. The third-order valence-electron chi connectivity index (χ3n) is 4.85. The monoisotopic (exact) mass is 540 g/mol. The van der Waals surface area contributed by atoms with Gasteiger partial charge < -0.3 is 24.3 Å². The highest BCUT2D eigenvalue weighted by atomic mass is 79.9. The molecule has 1 aliphatic rings. The van der Waals surface area contributed by atoms with Gasteiger partial charge in [-0.2, -0.15) is 5.26 Å². The van der Waals surface area contributed by atoms with Crippen molar-refractivity contribution in [2.45, 2.75) is 6.61 Å². The first-order chi connectivity index (χ1) is 16.5. The first-order valence-electron chi connectivity index (χ1n) is 10.0. The molecule has 0 spiro atoms. The standard InChI is InChI=1S/C25H18BrClN2O5/c1-31-23-11-16(8-17(12-28)25(30)29-19-5-3-18(27)4-6-19)9-20(26)24(23)32-13-15-2-7-21-22(10-15)34-14-33-21/h2-11H,13-14H2,1H3,(H,29,30)/b17-8-. The van der Waals surface area contributed by atoms with Crippen LogP contribution >= 0.6 is 27.5 Å². The number of nitrogens with zero attached hydrogens (tertiary/aromatic N) is 1. The van der Waals surface area contributed by atoms with Crippen molar-refractivity contribution in [1.29, 1.82) is 5.26 Å². The summed E-state index contributed by atoms with van der Waals surface area (Å²) in [7, 11) is 1.52. The Morgan fingerprint density at radius 1 is 1.18 bits per heavy atom. The highest BCUT2D eigenvalue weighted by Gasteiger charge is 2.16. The van der Waals surface area contributed by atoms with Crippen molar-refractivity contribution in [2.75, 3.05) is 19.2 Å². The Kier molecular flexibility index (Phi) is 7.26. The van der Waals surface area contributed by atoms with E-state index in [4.69, 9.17) is 30.5 Å². The van der Waals surface area contributed by atoms with E-state index in [1.165, 1.54) is 13.2 Å². The molecule has 34 heavy (non-hydrogen) atoms. The molecule has 0 fully saturated rings. The molecule has 1 aliphatic heterocycles. The number of methoxy groups -OCH3 is 1. The van der Waals surface area contributed by atoms with Gasteiger partial charge >= 0.3 is 0 Å². The summed E-state index contributed by atoms with van der Waals surface area (Å²) >= 11 is 9.36. The minimum absolute atomic E-state index is 0.0714. The molecule has 0 atom stereocenters. The van der Waals surface area contributed by atoms with Crippen LogP contribution in [0.5, 0.6) is 23.0 Å². The quantitative estimate of drug-likeness (QED) is 0.293. The third-order valence-corrected chi connectivity index (χ3v) is 5.69. The van der Waals surface area contributed by atoms with Crippen LogP contribution in [0.15, 0.2) is 64.6 Å². The second kappa shape index (κ2) is 10.5. The van der Waals surface area contributed by atoms with Gasteiger partial charge in [0.05, 0.1) is 11.6 Å². The zero-order chi connectivity index (χ0) is 24.1. The summed E-state index contributed by atoms with van der Waals surface area (Å²) in [5.74, 6) is 1.77. The number of carbonyl (C=O) groups excluding carboxylic acids is 1. The van der Waals surface area contributed by atoms with Gasteiger partial charge in [0, 0.05) is 10.7 Å². The van der Waals surface area contributed by atoms with E-state index in [0.717, 1.165) is 5.56 Å². The Morgan fingerprint density at radius 3 is 2.68 bits per heavy atom. The molecule has 9 heteroatoms. The van der Waals surface area contributed by atoms with Gasteiger partial charge in [-0.3, -0.25) is 4.79 Å². The van der Waals surface area contributed by atoms with Gasteiger partial charge in [-0.15, -0.1) is 0 Å². The van der Waals surface area contributed by atoms with Gasteiger partial charge in [-0.05, 0) is 81.7 Å². The minimum atomic E-state index is -0.539. The van der Waals surface area contributed by atoms with Crippen LogP contribution in [0, 0.1) is 11.3 Å². The number of fused-ring (bicyclic) bond motifs is 1. The fraction of sp³-hybridized carbons (Fsp3) is 0.120. The average Bonchev–Trinajstić information content (AvgIpc) is 3.31. The van der Waals surface area contributed by atoms with Crippen LogP contribution in [-0.4, -0.2) is 19.8 Å². The summed E-state index contributed by atoms with van der Waals surface area (Å²) in [5.41, 5.74) is 1.94. The van der Waals surface area contributed by atoms with Crippen molar-refractivity contribution in [2.24, 2.45) is 0 Å². The van der Waals surface area contributed by atoms with Gasteiger partial charge in [0.2, 0.25) is 6.79 Å². The van der Waals surface area contributed by atoms with E-state index >= 15 is 0 Å². The van der Waals surface area contributed by atoms with Crippen molar-refractivity contribution >= 4 is 45.2 Å². The van der Waals surface area contributed by atoms with Crippen LogP contribution in [0.4, 0.5) is 5.69 Å². The molecule has 0 bridgehead atoms. The molecule has 4 rings (SSSR count). The summed E-state index contributed by atoms with van der Waals surface area (Å²) in [6, 6.07) is 17.6. The Bertz CT molecular complexity index is 1300. The topological polar surface area (TPSA) is 89.8 Å². The van der Waals surface area contributed by atoms with Gasteiger partial charge in [0.25, 0.3) is 5.91 Å². The molecule has 0 aromatic heterocycles. The van der Waals surface area contributed by atoms with Crippen molar-refractivity contribution in [3.05, 3.63) is 80.8 Å². The van der Waals surface area contributed by atoms with Crippen molar-refractivity contribution in [1.82, 2.24) is 0 Å². The summed E-state index contributed by atoms with van der Waals surface area (Å²) in [4.78, 5) is 12.6. The lowest BCUT2D eigenvalue weighted by Gasteiger charge is -2.14. The number of benzene rings is 3. The fourth-order valence-corrected chi connectivity index (χ4v) is 3.90. The van der Waals surface area contributed by atoms with E-state index in [9.17, 15) is 10.1 Å². The molecule has 1 amide bonds. The van der Waals surface area contributed by atoms with Crippen LogP contribution in [0.25, 0.3) is 6.08 Å². The molecule has 7 nitrogen and oxygen atoms in total. The lowest BCUT2D eigenvalue weighted by atomic mass is 10.1. The second-order valence-electron chi connectivity index (χ2n) is 7.14. The maximum absolute atomic E-state index is 12.6.